The van der Waals surface area contributed by atoms with E-state index in [4.69, 9.17) is 14.7 Å². The van der Waals surface area contributed by atoms with Gasteiger partial charge in [-0.3, -0.25) is 9.78 Å². The van der Waals surface area contributed by atoms with Gasteiger partial charge < -0.3 is 14.8 Å². The standard InChI is InChI=1S/C19H21N3O3/c1-12-10-21-16(13(2)18(12)24-4)11-22-19(23)14(3)25-17-8-6-5-7-15(17)9-20/h5-8,10,14H,11H2,1-4H3,(H,22,23)/t14-/m0/s1. The van der Waals surface area contributed by atoms with Gasteiger partial charge in [0.2, 0.25) is 0 Å². The van der Waals surface area contributed by atoms with Gasteiger partial charge in [0.05, 0.1) is 24.9 Å². The van der Waals surface area contributed by atoms with Gasteiger partial charge in [-0.25, -0.2) is 0 Å². The molecule has 6 nitrogen and oxygen atoms in total. The van der Waals surface area contributed by atoms with Gasteiger partial charge in [0.1, 0.15) is 17.6 Å². The second-order valence-electron chi connectivity index (χ2n) is 5.63. The maximum Gasteiger partial charge on any atom is 0.261 e. The molecule has 1 aromatic heterocycles. The summed E-state index contributed by atoms with van der Waals surface area (Å²) in [5, 5.41) is 11.9. The smallest absolute Gasteiger partial charge is 0.261 e. The number of methoxy groups -OCH3 is 1. The van der Waals surface area contributed by atoms with Crippen molar-refractivity contribution < 1.29 is 14.3 Å². The molecule has 1 N–H and O–H groups in total. The number of benzene rings is 1. The lowest BCUT2D eigenvalue weighted by atomic mass is 10.1. The molecule has 0 aliphatic heterocycles. The monoisotopic (exact) mass is 339 g/mol. The zero-order valence-electron chi connectivity index (χ0n) is 14.8. The number of nitrogens with zero attached hydrogens (tertiary/aromatic N) is 2. The Bertz CT molecular complexity index is 812. The highest BCUT2D eigenvalue weighted by Crippen LogP contribution is 2.24. The number of hydrogen-bond donors (Lipinski definition) is 1. The van der Waals surface area contributed by atoms with Crippen LogP contribution in [0.15, 0.2) is 30.5 Å². The number of pyridine rings is 1. The molecule has 0 spiro atoms. The Kier molecular flexibility index (Phi) is 5.96. The highest BCUT2D eigenvalue weighted by atomic mass is 16.5. The van der Waals surface area contributed by atoms with Crippen molar-refractivity contribution in [1.82, 2.24) is 10.3 Å². The molecule has 1 aromatic carbocycles. The lowest BCUT2D eigenvalue weighted by Gasteiger charge is -2.16. The number of nitriles is 1. The van der Waals surface area contributed by atoms with Crippen LogP contribution in [0.3, 0.4) is 0 Å². The molecule has 6 heteroatoms. The van der Waals surface area contributed by atoms with Gasteiger partial charge in [-0.1, -0.05) is 12.1 Å². The lowest BCUT2D eigenvalue weighted by molar-refractivity contribution is -0.127. The van der Waals surface area contributed by atoms with Gasteiger partial charge in [-0.15, -0.1) is 0 Å². The topological polar surface area (TPSA) is 84.2 Å². The van der Waals surface area contributed by atoms with E-state index in [9.17, 15) is 4.79 Å². The third-order valence-electron chi connectivity index (χ3n) is 3.86. The number of aryl methyl sites for hydroxylation is 1. The SMILES string of the molecule is COc1c(C)cnc(CNC(=O)[C@H](C)Oc2ccccc2C#N)c1C. The maximum atomic E-state index is 12.3. The average Bonchev–Trinajstić information content (AvgIpc) is 2.61. The molecule has 0 fully saturated rings. The van der Waals surface area contributed by atoms with Crippen LogP contribution >= 0.6 is 0 Å². The molecule has 0 radical (unpaired) electrons. The zero-order chi connectivity index (χ0) is 18.4. The van der Waals surface area contributed by atoms with Crippen LogP contribution in [-0.4, -0.2) is 24.1 Å². The minimum Gasteiger partial charge on any atom is -0.496 e. The van der Waals surface area contributed by atoms with Gasteiger partial charge in [-0.05, 0) is 32.9 Å². The minimum atomic E-state index is -0.734. The molecule has 25 heavy (non-hydrogen) atoms. The predicted molar refractivity (Wildman–Crippen MR) is 93.4 cm³/mol. The van der Waals surface area contributed by atoms with Crippen molar-refractivity contribution in [3.63, 3.8) is 0 Å². The van der Waals surface area contributed by atoms with E-state index in [1.54, 1.807) is 44.5 Å². The van der Waals surface area contributed by atoms with E-state index in [1.165, 1.54) is 0 Å². The highest BCUT2D eigenvalue weighted by molar-refractivity contribution is 5.80. The molecular formula is C19H21N3O3. The summed E-state index contributed by atoms with van der Waals surface area (Å²) >= 11 is 0. The molecule has 0 aliphatic rings. The van der Waals surface area contributed by atoms with Gasteiger partial charge in [0.15, 0.2) is 6.10 Å². The number of carbonyl (C=O) groups excluding carboxylic acids is 1. The van der Waals surface area contributed by atoms with Crippen molar-refractivity contribution >= 4 is 5.91 Å². The molecule has 130 valence electrons. The second kappa shape index (κ2) is 8.15. The molecule has 0 saturated carbocycles. The van der Waals surface area contributed by atoms with Crippen LogP contribution < -0.4 is 14.8 Å². The Morgan fingerprint density at radius 1 is 1.36 bits per heavy atom. The third kappa shape index (κ3) is 4.27. The van der Waals surface area contributed by atoms with Crippen molar-refractivity contribution in [1.29, 1.82) is 5.26 Å². The lowest BCUT2D eigenvalue weighted by Crippen LogP contribution is -2.36. The molecule has 0 saturated heterocycles. The van der Waals surface area contributed by atoms with E-state index < -0.39 is 6.10 Å². The molecule has 2 aromatic rings. The van der Waals surface area contributed by atoms with Gasteiger partial charge in [0, 0.05) is 17.3 Å². The first-order valence-corrected chi connectivity index (χ1v) is 7.90. The average molecular weight is 339 g/mol. The molecule has 1 atom stereocenters. The summed E-state index contributed by atoms with van der Waals surface area (Å²) in [4.78, 5) is 16.6. The summed E-state index contributed by atoms with van der Waals surface area (Å²) in [5.74, 6) is 0.874. The molecular weight excluding hydrogens is 318 g/mol. The fourth-order valence-electron chi connectivity index (χ4n) is 2.47. The molecule has 0 bridgehead atoms. The first kappa shape index (κ1) is 18.3. The van der Waals surface area contributed by atoms with E-state index in [-0.39, 0.29) is 12.5 Å². The van der Waals surface area contributed by atoms with E-state index in [0.29, 0.717) is 11.3 Å². The van der Waals surface area contributed by atoms with Crippen molar-refractivity contribution in [3.8, 4) is 17.6 Å². The molecule has 1 heterocycles. The van der Waals surface area contributed by atoms with Crippen molar-refractivity contribution in [3.05, 3.63) is 52.8 Å². The summed E-state index contributed by atoms with van der Waals surface area (Å²) in [6, 6.07) is 8.85. The van der Waals surface area contributed by atoms with Crippen LogP contribution in [-0.2, 0) is 11.3 Å². The first-order valence-electron chi connectivity index (χ1n) is 7.90. The number of nitrogens with one attached hydrogen (secondary N) is 1. The number of para-hydroxylation sites is 1. The van der Waals surface area contributed by atoms with Gasteiger partial charge >= 0.3 is 0 Å². The zero-order valence-corrected chi connectivity index (χ0v) is 14.8. The number of amides is 1. The van der Waals surface area contributed by atoms with Crippen LogP contribution in [0, 0.1) is 25.2 Å². The molecule has 1 amide bonds. The van der Waals surface area contributed by atoms with E-state index in [0.717, 1.165) is 22.6 Å². The number of hydrogen-bond acceptors (Lipinski definition) is 5. The number of aromatic nitrogens is 1. The molecule has 2 rings (SSSR count). The summed E-state index contributed by atoms with van der Waals surface area (Å²) in [7, 11) is 1.61. The Morgan fingerprint density at radius 2 is 2.08 bits per heavy atom. The second-order valence-corrected chi connectivity index (χ2v) is 5.63. The normalized spacial score (nSPS) is 11.3. The quantitative estimate of drug-likeness (QED) is 0.874. The van der Waals surface area contributed by atoms with Gasteiger partial charge in [-0.2, -0.15) is 5.26 Å². The van der Waals surface area contributed by atoms with Crippen molar-refractivity contribution in [2.75, 3.05) is 7.11 Å². The molecule has 0 aliphatic carbocycles. The highest BCUT2D eigenvalue weighted by Gasteiger charge is 2.17. The predicted octanol–water partition coefficient (Wildman–Crippen LogP) is 2.66. The van der Waals surface area contributed by atoms with Gasteiger partial charge in [0.25, 0.3) is 5.91 Å². The fourth-order valence-corrected chi connectivity index (χ4v) is 2.47. The van der Waals surface area contributed by atoms with Crippen molar-refractivity contribution in [2.24, 2.45) is 0 Å². The summed E-state index contributed by atoms with van der Waals surface area (Å²) < 4.78 is 11.0. The van der Waals surface area contributed by atoms with Crippen LogP contribution in [0.25, 0.3) is 0 Å². The number of rotatable bonds is 6. The van der Waals surface area contributed by atoms with E-state index in [2.05, 4.69) is 10.3 Å². The summed E-state index contributed by atoms with van der Waals surface area (Å²) in [5.41, 5.74) is 2.97. The minimum absolute atomic E-state index is 0.273. The van der Waals surface area contributed by atoms with Crippen LogP contribution in [0.2, 0.25) is 0 Å². The summed E-state index contributed by atoms with van der Waals surface area (Å²) in [6.45, 7) is 5.74. The Balaban J connectivity index is 2.02. The third-order valence-corrected chi connectivity index (χ3v) is 3.86. The fraction of sp³-hybridized carbons (Fsp3) is 0.316. The Labute approximate surface area is 147 Å². The molecule has 0 unspecified atom stereocenters. The Hall–Kier alpha value is -3.07. The largest absolute Gasteiger partial charge is 0.496 e. The van der Waals surface area contributed by atoms with Crippen molar-refractivity contribution in [2.45, 2.75) is 33.4 Å². The van der Waals surface area contributed by atoms with Crippen LogP contribution in [0.1, 0.15) is 29.3 Å². The van der Waals surface area contributed by atoms with E-state index >= 15 is 0 Å². The number of ether oxygens (including phenoxy) is 2. The maximum absolute atomic E-state index is 12.3. The van der Waals surface area contributed by atoms with E-state index in [1.807, 2.05) is 19.9 Å². The Morgan fingerprint density at radius 3 is 2.76 bits per heavy atom. The summed E-state index contributed by atoms with van der Waals surface area (Å²) in [6.07, 6.45) is 0.985. The first-order chi connectivity index (χ1) is 12.0. The number of carbonyl (C=O) groups is 1. The van der Waals surface area contributed by atoms with Crippen LogP contribution in [0.4, 0.5) is 0 Å². The van der Waals surface area contributed by atoms with Crippen LogP contribution in [0.5, 0.6) is 11.5 Å².